The molecule has 2 aliphatic heterocycles. The fourth-order valence-corrected chi connectivity index (χ4v) is 5.55. The van der Waals surface area contributed by atoms with Gasteiger partial charge in [0.2, 0.25) is 11.8 Å². The summed E-state index contributed by atoms with van der Waals surface area (Å²) in [6.07, 6.45) is 0.571. The van der Waals surface area contributed by atoms with Gasteiger partial charge in [0.1, 0.15) is 11.1 Å². The third kappa shape index (κ3) is 4.85. The van der Waals surface area contributed by atoms with Crippen molar-refractivity contribution in [2.75, 3.05) is 4.90 Å². The van der Waals surface area contributed by atoms with Gasteiger partial charge in [-0.3, -0.25) is 15.0 Å². The maximum atomic E-state index is 13.3. The maximum Gasteiger partial charge on any atom is 0.247 e. The Bertz CT molecular complexity index is 1360. The van der Waals surface area contributed by atoms with E-state index < -0.39 is 17.0 Å². The Morgan fingerprint density at radius 2 is 1.67 bits per heavy atom. The number of nitrogens with one attached hydrogen (secondary N) is 1. The van der Waals surface area contributed by atoms with Gasteiger partial charge in [-0.2, -0.15) is 5.10 Å². The van der Waals surface area contributed by atoms with Gasteiger partial charge in [-0.15, -0.1) is 0 Å². The number of anilines is 1. The van der Waals surface area contributed by atoms with Crippen LogP contribution in [0.1, 0.15) is 35.6 Å². The summed E-state index contributed by atoms with van der Waals surface area (Å²) in [6, 6.07) is 21.0. The van der Waals surface area contributed by atoms with Crippen molar-refractivity contribution in [1.29, 1.82) is 5.41 Å². The zero-order chi connectivity index (χ0) is 25.4. The molecule has 3 aromatic carbocycles. The number of rotatable bonds is 4. The fourth-order valence-electron chi connectivity index (χ4n) is 4.31. The number of amides is 2. The molecule has 0 aromatic heterocycles. The van der Waals surface area contributed by atoms with E-state index in [0.29, 0.717) is 12.1 Å². The number of hydrazone groups is 1. The highest BCUT2D eigenvalue weighted by Gasteiger charge is 2.42. The third-order valence-electron chi connectivity index (χ3n) is 6.20. The number of amidine groups is 1. The van der Waals surface area contributed by atoms with Crippen molar-refractivity contribution in [1.82, 2.24) is 5.01 Å². The van der Waals surface area contributed by atoms with Gasteiger partial charge in [0.15, 0.2) is 5.17 Å². The van der Waals surface area contributed by atoms with Gasteiger partial charge in [-0.25, -0.2) is 14.3 Å². The van der Waals surface area contributed by atoms with Gasteiger partial charge in [0.25, 0.3) is 0 Å². The smallest absolute Gasteiger partial charge is 0.247 e. The second-order valence-corrected chi connectivity index (χ2v) is 10.8. The van der Waals surface area contributed by atoms with Crippen molar-refractivity contribution in [2.45, 2.75) is 31.1 Å². The Balaban J connectivity index is 1.39. The molecule has 2 amide bonds. The van der Waals surface area contributed by atoms with Gasteiger partial charge in [0.05, 0.1) is 17.4 Å². The van der Waals surface area contributed by atoms with Crippen molar-refractivity contribution in [2.24, 2.45) is 5.10 Å². The molecule has 182 valence electrons. The quantitative estimate of drug-likeness (QED) is 0.238. The summed E-state index contributed by atoms with van der Waals surface area (Å²) in [7, 11) is 0. The lowest BCUT2D eigenvalue weighted by molar-refractivity contribution is -0.121. The van der Waals surface area contributed by atoms with E-state index in [-0.39, 0.29) is 23.5 Å². The van der Waals surface area contributed by atoms with Crippen LogP contribution in [0.4, 0.5) is 10.1 Å². The van der Waals surface area contributed by atoms with Crippen molar-refractivity contribution < 1.29 is 14.0 Å². The normalized spacial score (nSPS) is 19.7. The van der Waals surface area contributed by atoms with Crippen LogP contribution in [0.15, 0.2) is 82.4 Å². The second-order valence-electron chi connectivity index (χ2n) is 8.69. The van der Waals surface area contributed by atoms with Crippen LogP contribution < -0.4 is 4.90 Å². The number of carbonyl (C=O) groups excluding carboxylic acids is 2. The van der Waals surface area contributed by atoms with Gasteiger partial charge in [-0.05, 0) is 54.4 Å². The van der Waals surface area contributed by atoms with Gasteiger partial charge in [-0.1, -0.05) is 69.7 Å². The third-order valence-corrected chi connectivity index (χ3v) is 7.79. The number of benzene rings is 3. The molecule has 1 N–H and O–H groups in total. The molecule has 1 fully saturated rings. The van der Waals surface area contributed by atoms with Gasteiger partial charge in [0, 0.05) is 17.3 Å². The molecule has 0 spiro atoms. The summed E-state index contributed by atoms with van der Waals surface area (Å²) in [5, 5.41) is 14.6. The molecule has 2 unspecified atom stereocenters. The Morgan fingerprint density at radius 1 is 1.00 bits per heavy atom. The van der Waals surface area contributed by atoms with Crippen LogP contribution in [0.3, 0.4) is 0 Å². The lowest BCUT2D eigenvalue weighted by Crippen LogP contribution is -2.32. The van der Waals surface area contributed by atoms with Crippen molar-refractivity contribution in [3.8, 4) is 0 Å². The highest BCUT2D eigenvalue weighted by molar-refractivity contribution is 9.10. The molecule has 2 heterocycles. The molecule has 9 heteroatoms. The monoisotopic (exact) mass is 564 g/mol. The number of hydrogen-bond acceptors (Lipinski definition) is 5. The van der Waals surface area contributed by atoms with E-state index in [0.717, 1.165) is 43.5 Å². The van der Waals surface area contributed by atoms with Crippen molar-refractivity contribution in [3.63, 3.8) is 0 Å². The molecule has 1 saturated heterocycles. The predicted molar refractivity (Wildman–Crippen MR) is 144 cm³/mol. The summed E-state index contributed by atoms with van der Waals surface area (Å²) < 4.78 is 14.3. The maximum absolute atomic E-state index is 13.3. The van der Waals surface area contributed by atoms with E-state index in [2.05, 4.69) is 15.9 Å². The molecule has 2 atom stereocenters. The summed E-state index contributed by atoms with van der Waals surface area (Å²) in [6.45, 7) is 2.03. The summed E-state index contributed by atoms with van der Waals surface area (Å²) >= 11 is 4.50. The first-order valence-electron chi connectivity index (χ1n) is 11.4. The first-order valence-corrected chi connectivity index (χ1v) is 13.0. The number of hydrogen-bond donors (Lipinski definition) is 1. The Hall–Kier alpha value is -3.30. The molecular weight excluding hydrogens is 543 g/mol. The van der Waals surface area contributed by atoms with Gasteiger partial charge >= 0.3 is 0 Å². The minimum absolute atomic E-state index is 0.0332. The Labute approximate surface area is 220 Å². The van der Waals surface area contributed by atoms with Crippen molar-refractivity contribution >= 4 is 56.1 Å². The lowest BCUT2D eigenvalue weighted by Gasteiger charge is -2.24. The zero-order valence-corrected chi connectivity index (χ0v) is 21.7. The molecule has 0 radical (unpaired) electrons. The van der Waals surface area contributed by atoms with Gasteiger partial charge < -0.3 is 0 Å². The Kier molecular flexibility index (Phi) is 6.77. The predicted octanol–water partition coefficient (Wildman–Crippen LogP) is 6.05. The highest BCUT2D eigenvalue weighted by Crippen LogP contribution is 2.38. The van der Waals surface area contributed by atoms with Crippen LogP contribution >= 0.6 is 27.7 Å². The highest BCUT2D eigenvalue weighted by atomic mass is 79.9. The molecule has 0 bridgehead atoms. The fraction of sp³-hybridized carbons (Fsp3) is 0.185. The van der Waals surface area contributed by atoms with E-state index in [1.165, 1.54) is 24.3 Å². The second kappa shape index (κ2) is 9.99. The van der Waals surface area contributed by atoms with E-state index in [1.807, 2.05) is 55.5 Å². The number of aryl methyl sites for hydroxylation is 1. The van der Waals surface area contributed by atoms with Crippen LogP contribution in [0.25, 0.3) is 0 Å². The lowest BCUT2D eigenvalue weighted by atomic mass is 9.98. The van der Waals surface area contributed by atoms with Crippen LogP contribution in [0.5, 0.6) is 0 Å². The molecule has 36 heavy (non-hydrogen) atoms. The van der Waals surface area contributed by atoms with E-state index >= 15 is 0 Å². The molecular formula is C27H22BrFN4O2S. The average molecular weight is 565 g/mol. The summed E-state index contributed by atoms with van der Waals surface area (Å²) in [4.78, 5) is 26.8. The molecule has 5 rings (SSSR count). The molecule has 0 aliphatic carbocycles. The summed E-state index contributed by atoms with van der Waals surface area (Å²) in [5.41, 5.74) is 4.32. The first kappa shape index (κ1) is 24.4. The SMILES string of the molecule is Cc1ccc(C2=NN(C(=N)SC3CC(=O)N(c4ccc(F)cc4)C3=O)C(c3ccc(Br)cc3)C2)cc1. The standard InChI is InChI=1S/C27H22BrFN4O2S/c1-16-2-4-17(5-3-16)22-14-23(18-6-8-19(28)9-7-18)33(31-22)27(30)36-24-15-25(34)32(26(24)35)21-12-10-20(29)11-13-21/h2-13,23-24,30H,14-15H2,1H3. The number of thioether (sulfide) groups is 1. The van der Waals surface area contributed by atoms with E-state index in [4.69, 9.17) is 10.5 Å². The molecule has 0 saturated carbocycles. The number of imide groups is 1. The van der Waals surface area contributed by atoms with E-state index in [9.17, 15) is 14.0 Å². The summed E-state index contributed by atoms with van der Waals surface area (Å²) in [5.74, 6) is -1.23. The molecule has 3 aromatic rings. The topological polar surface area (TPSA) is 76.8 Å². The van der Waals surface area contributed by atoms with E-state index in [1.54, 1.807) is 5.01 Å². The largest absolute Gasteiger partial charge is 0.277 e. The molecule has 6 nitrogen and oxygen atoms in total. The minimum Gasteiger partial charge on any atom is -0.277 e. The van der Waals surface area contributed by atoms with Crippen LogP contribution in [0, 0.1) is 18.2 Å². The van der Waals surface area contributed by atoms with Crippen LogP contribution in [-0.2, 0) is 9.59 Å². The molecule has 2 aliphatic rings. The first-order chi connectivity index (χ1) is 17.3. The number of nitrogens with zero attached hydrogens (tertiary/aromatic N) is 3. The Morgan fingerprint density at radius 3 is 2.33 bits per heavy atom. The zero-order valence-electron chi connectivity index (χ0n) is 19.3. The van der Waals surface area contributed by atoms with Crippen LogP contribution in [-0.4, -0.2) is 33.0 Å². The van der Waals surface area contributed by atoms with Crippen molar-refractivity contribution in [3.05, 3.63) is 99.8 Å². The minimum atomic E-state index is -0.751. The average Bonchev–Trinajstić information content (AvgIpc) is 3.42. The number of carbonyl (C=O) groups is 2. The van der Waals surface area contributed by atoms with Crippen LogP contribution in [0.2, 0.25) is 0 Å². The number of halogens is 2.